The van der Waals surface area contributed by atoms with Crippen molar-refractivity contribution in [2.45, 2.75) is 19.1 Å². The number of alkyl halides is 2. The van der Waals surface area contributed by atoms with Gasteiger partial charge in [0, 0.05) is 18.0 Å². The molecule has 0 radical (unpaired) electrons. The topological polar surface area (TPSA) is 93.5 Å². The van der Waals surface area contributed by atoms with E-state index in [1.54, 1.807) is 31.3 Å². The number of amidine groups is 1. The maximum Gasteiger partial charge on any atom is 0.387 e. The van der Waals surface area contributed by atoms with Gasteiger partial charge in [-0.3, -0.25) is 4.98 Å². The second-order valence-electron chi connectivity index (χ2n) is 7.11. The van der Waals surface area contributed by atoms with Gasteiger partial charge in [0.2, 0.25) is 0 Å². The van der Waals surface area contributed by atoms with Gasteiger partial charge in [-0.15, -0.1) is 0 Å². The summed E-state index contributed by atoms with van der Waals surface area (Å²) in [4.78, 5) is 8.70. The summed E-state index contributed by atoms with van der Waals surface area (Å²) >= 11 is 0. The summed E-state index contributed by atoms with van der Waals surface area (Å²) in [6.45, 7) is -1.06. The average molecular weight is 420 g/mol. The molecule has 0 amide bonds. The first-order chi connectivity index (χ1) is 14.9. The van der Waals surface area contributed by atoms with E-state index in [0.717, 1.165) is 22.3 Å². The van der Waals surface area contributed by atoms with Crippen LogP contribution < -0.4 is 10.5 Å². The Bertz CT molecular complexity index is 1210. The molecule has 3 aromatic rings. The molecule has 8 heteroatoms. The molecule has 2 aromatic carbocycles. The monoisotopic (exact) mass is 420 g/mol. The van der Waals surface area contributed by atoms with Crippen LogP contribution in [0, 0.1) is 18.3 Å². The van der Waals surface area contributed by atoms with Crippen LogP contribution in [-0.2, 0) is 10.3 Å². The molecule has 1 aliphatic heterocycles. The number of aromatic nitrogens is 1. The van der Waals surface area contributed by atoms with E-state index >= 15 is 0 Å². The lowest BCUT2D eigenvalue weighted by Crippen LogP contribution is -2.27. The summed E-state index contributed by atoms with van der Waals surface area (Å²) < 4.78 is 35.4. The lowest BCUT2D eigenvalue weighted by atomic mass is 9.82. The smallest absolute Gasteiger partial charge is 0.387 e. The van der Waals surface area contributed by atoms with Crippen LogP contribution in [0.1, 0.15) is 22.3 Å². The molecule has 0 fully saturated rings. The van der Waals surface area contributed by atoms with E-state index in [1.165, 1.54) is 12.3 Å². The SMILES string of the molecule is Cc1cc(C2(c3cccc(-c4cncc(C#N)c4)c3)COC(N)=N2)ccc1OC(F)F. The summed E-state index contributed by atoms with van der Waals surface area (Å²) in [5.74, 6) is 0.0953. The minimum Gasteiger partial charge on any atom is -0.462 e. The molecule has 0 aliphatic carbocycles. The number of aliphatic imine (C=N–C) groups is 1. The Kier molecular flexibility index (Phi) is 5.26. The lowest BCUT2D eigenvalue weighted by Gasteiger charge is -2.26. The Labute approximate surface area is 177 Å². The van der Waals surface area contributed by atoms with Crippen LogP contribution in [0.4, 0.5) is 8.78 Å². The van der Waals surface area contributed by atoms with Gasteiger partial charge in [-0.1, -0.05) is 24.3 Å². The summed E-state index contributed by atoms with van der Waals surface area (Å²) in [5, 5.41) is 9.16. The van der Waals surface area contributed by atoms with Gasteiger partial charge in [0.1, 0.15) is 18.4 Å². The van der Waals surface area contributed by atoms with E-state index in [4.69, 9.17) is 15.7 Å². The molecular weight excluding hydrogens is 402 g/mol. The molecule has 156 valence electrons. The standard InChI is InChI=1S/C23H18F2N4O2/c1-14-7-19(5-6-20(14)31-21(24)25)23(13-30-22(27)29-23)18-4-2-3-16(9-18)17-8-15(10-26)11-28-12-17/h2-9,11-12,21H,13H2,1H3,(H2,27,29). The number of ether oxygens (including phenoxy) is 2. The van der Waals surface area contributed by atoms with Crippen LogP contribution in [0.15, 0.2) is 65.9 Å². The molecule has 0 bridgehead atoms. The number of nitriles is 1. The molecule has 1 unspecified atom stereocenters. The van der Waals surface area contributed by atoms with Gasteiger partial charge >= 0.3 is 6.61 Å². The zero-order valence-electron chi connectivity index (χ0n) is 16.5. The van der Waals surface area contributed by atoms with Crippen molar-refractivity contribution in [2.75, 3.05) is 6.61 Å². The highest BCUT2D eigenvalue weighted by Gasteiger charge is 2.40. The summed E-state index contributed by atoms with van der Waals surface area (Å²) in [7, 11) is 0. The molecule has 1 aliphatic rings. The Hall–Kier alpha value is -3.99. The van der Waals surface area contributed by atoms with Crippen molar-refractivity contribution in [3.8, 4) is 22.9 Å². The molecule has 0 saturated heterocycles. The van der Waals surface area contributed by atoms with Gasteiger partial charge in [0.05, 0.1) is 5.56 Å². The highest BCUT2D eigenvalue weighted by atomic mass is 19.3. The Morgan fingerprint density at radius 2 is 1.94 bits per heavy atom. The predicted molar refractivity (Wildman–Crippen MR) is 111 cm³/mol. The second kappa shape index (κ2) is 8.03. The lowest BCUT2D eigenvalue weighted by molar-refractivity contribution is -0.0503. The fourth-order valence-electron chi connectivity index (χ4n) is 3.64. The third-order valence-electron chi connectivity index (χ3n) is 5.14. The van der Waals surface area contributed by atoms with Crippen LogP contribution >= 0.6 is 0 Å². The van der Waals surface area contributed by atoms with Gasteiger partial charge in [0.15, 0.2) is 5.54 Å². The number of hydrogen-bond donors (Lipinski definition) is 1. The first-order valence-electron chi connectivity index (χ1n) is 9.41. The van der Waals surface area contributed by atoms with E-state index in [1.807, 2.05) is 24.3 Å². The number of rotatable bonds is 5. The maximum atomic E-state index is 12.6. The molecule has 0 spiro atoms. The number of aryl methyl sites for hydroxylation is 1. The summed E-state index contributed by atoms with van der Waals surface area (Å²) in [6, 6.07) is 16.4. The predicted octanol–water partition coefficient (Wildman–Crippen LogP) is 4.12. The Balaban J connectivity index is 1.81. The van der Waals surface area contributed by atoms with Crippen LogP contribution in [0.3, 0.4) is 0 Å². The number of nitrogens with zero attached hydrogens (tertiary/aromatic N) is 3. The van der Waals surface area contributed by atoms with Crippen molar-refractivity contribution in [1.82, 2.24) is 4.98 Å². The molecule has 31 heavy (non-hydrogen) atoms. The van der Waals surface area contributed by atoms with E-state index in [9.17, 15) is 8.78 Å². The average Bonchev–Trinajstić information content (AvgIpc) is 3.18. The van der Waals surface area contributed by atoms with E-state index in [-0.39, 0.29) is 18.4 Å². The van der Waals surface area contributed by atoms with E-state index in [2.05, 4.69) is 20.8 Å². The number of hydrogen-bond acceptors (Lipinski definition) is 6. The number of pyridine rings is 1. The number of halogens is 2. The fourth-order valence-corrected chi connectivity index (χ4v) is 3.64. The van der Waals surface area contributed by atoms with Gasteiger partial charge in [0.25, 0.3) is 6.02 Å². The largest absolute Gasteiger partial charge is 0.462 e. The highest BCUT2D eigenvalue weighted by Crippen LogP contribution is 2.40. The van der Waals surface area contributed by atoms with Gasteiger partial charge in [-0.25, -0.2) is 4.99 Å². The van der Waals surface area contributed by atoms with Crippen molar-refractivity contribution in [1.29, 1.82) is 5.26 Å². The summed E-state index contributed by atoms with van der Waals surface area (Å²) in [6.07, 6.45) is 3.17. The Morgan fingerprint density at radius 3 is 2.61 bits per heavy atom. The van der Waals surface area contributed by atoms with Crippen LogP contribution in [0.5, 0.6) is 5.75 Å². The molecule has 1 aromatic heterocycles. The van der Waals surface area contributed by atoms with Crippen LogP contribution in [0.25, 0.3) is 11.1 Å². The normalized spacial score (nSPS) is 17.7. The molecule has 0 saturated carbocycles. The Morgan fingerprint density at radius 1 is 1.13 bits per heavy atom. The molecule has 2 heterocycles. The van der Waals surface area contributed by atoms with Crippen LogP contribution in [0.2, 0.25) is 0 Å². The van der Waals surface area contributed by atoms with E-state index < -0.39 is 12.2 Å². The molecule has 1 atom stereocenters. The van der Waals surface area contributed by atoms with Crippen molar-refractivity contribution in [3.05, 3.63) is 83.2 Å². The molecule has 2 N–H and O–H groups in total. The van der Waals surface area contributed by atoms with Crippen molar-refractivity contribution >= 4 is 6.02 Å². The first-order valence-corrected chi connectivity index (χ1v) is 9.41. The molecule has 4 rings (SSSR count). The van der Waals surface area contributed by atoms with E-state index in [0.29, 0.717) is 11.1 Å². The third kappa shape index (κ3) is 3.90. The first kappa shape index (κ1) is 20.3. The van der Waals surface area contributed by atoms with Gasteiger partial charge in [-0.05, 0) is 53.4 Å². The number of benzene rings is 2. The fraction of sp³-hybridized carbons (Fsp3) is 0.174. The molecule has 6 nitrogen and oxygen atoms in total. The van der Waals surface area contributed by atoms with Gasteiger partial charge < -0.3 is 15.2 Å². The van der Waals surface area contributed by atoms with Crippen molar-refractivity contribution in [3.63, 3.8) is 0 Å². The zero-order valence-corrected chi connectivity index (χ0v) is 16.5. The maximum absolute atomic E-state index is 12.6. The minimum atomic E-state index is -2.91. The second-order valence-corrected chi connectivity index (χ2v) is 7.11. The van der Waals surface area contributed by atoms with Crippen molar-refractivity contribution < 1.29 is 18.3 Å². The van der Waals surface area contributed by atoms with Crippen LogP contribution in [-0.4, -0.2) is 24.2 Å². The minimum absolute atomic E-state index is 0.0455. The van der Waals surface area contributed by atoms with Gasteiger partial charge in [-0.2, -0.15) is 14.0 Å². The zero-order chi connectivity index (χ0) is 22.0. The highest BCUT2D eigenvalue weighted by molar-refractivity contribution is 5.76. The quantitative estimate of drug-likeness (QED) is 0.670. The number of nitrogens with two attached hydrogens (primary N) is 1. The summed E-state index contributed by atoms with van der Waals surface area (Å²) in [5.41, 5.74) is 9.06. The van der Waals surface area contributed by atoms with Crippen molar-refractivity contribution in [2.24, 2.45) is 10.7 Å². The molecular formula is C23H18F2N4O2. The third-order valence-corrected chi connectivity index (χ3v) is 5.14.